The van der Waals surface area contributed by atoms with Crippen molar-refractivity contribution in [2.24, 2.45) is 0 Å². The number of carbonyl (C=O) groups is 2. The van der Waals surface area contributed by atoms with Crippen LogP contribution in [0.1, 0.15) is 23.0 Å². The van der Waals surface area contributed by atoms with Gasteiger partial charge >= 0.3 is 0 Å². The van der Waals surface area contributed by atoms with E-state index in [-0.39, 0.29) is 34.4 Å². The highest BCUT2D eigenvalue weighted by molar-refractivity contribution is 6.32. The molecule has 0 saturated heterocycles. The van der Waals surface area contributed by atoms with Crippen LogP contribution in [0.3, 0.4) is 0 Å². The Balaban J connectivity index is 2.08. The molecular formula is C17H13ClN2O4. The summed E-state index contributed by atoms with van der Waals surface area (Å²) in [7, 11) is 0. The number of ketones is 1. The number of carbonyl (C=O) groups excluding carboxylic acids is 2. The SMILES string of the molecule is CC(=O)Nc1cc(Cl)cc2[nH]c(C(=O)c3ccc(O)c(O)c3)cc12. The van der Waals surface area contributed by atoms with E-state index in [4.69, 9.17) is 11.6 Å². The summed E-state index contributed by atoms with van der Waals surface area (Å²) in [5, 5.41) is 22.6. The van der Waals surface area contributed by atoms with Gasteiger partial charge in [0.05, 0.1) is 11.4 Å². The molecule has 0 radical (unpaired) electrons. The van der Waals surface area contributed by atoms with Crippen LogP contribution >= 0.6 is 11.6 Å². The molecule has 3 rings (SSSR count). The lowest BCUT2D eigenvalue weighted by atomic mass is 10.1. The molecule has 0 atom stereocenters. The highest BCUT2D eigenvalue weighted by atomic mass is 35.5. The minimum absolute atomic E-state index is 0.212. The molecule has 0 aliphatic carbocycles. The van der Waals surface area contributed by atoms with E-state index in [1.807, 2.05) is 0 Å². The third kappa shape index (κ3) is 2.91. The van der Waals surface area contributed by atoms with E-state index in [9.17, 15) is 19.8 Å². The summed E-state index contributed by atoms with van der Waals surface area (Å²) in [6.45, 7) is 1.38. The van der Waals surface area contributed by atoms with Gasteiger partial charge in [-0.3, -0.25) is 9.59 Å². The maximum atomic E-state index is 12.6. The van der Waals surface area contributed by atoms with Crippen molar-refractivity contribution < 1.29 is 19.8 Å². The fourth-order valence-electron chi connectivity index (χ4n) is 2.44. The number of hydrogen-bond acceptors (Lipinski definition) is 4. The average molecular weight is 345 g/mol. The van der Waals surface area contributed by atoms with E-state index in [1.165, 1.54) is 25.1 Å². The molecule has 1 heterocycles. The number of hydrogen-bond donors (Lipinski definition) is 4. The second-order valence-corrected chi connectivity index (χ2v) is 5.75. The summed E-state index contributed by atoms with van der Waals surface area (Å²) in [4.78, 5) is 26.8. The van der Waals surface area contributed by atoms with Gasteiger partial charge in [-0.1, -0.05) is 11.6 Å². The van der Waals surface area contributed by atoms with E-state index in [0.29, 0.717) is 21.6 Å². The van der Waals surface area contributed by atoms with E-state index < -0.39 is 0 Å². The Morgan fingerprint density at radius 2 is 1.83 bits per heavy atom. The summed E-state index contributed by atoms with van der Waals surface area (Å²) in [6.07, 6.45) is 0. The lowest BCUT2D eigenvalue weighted by Gasteiger charge is -2.04. The monoisotopic (exact) mass is 344 g/mol. The zero-order chi connectivity index (χ0) is 17.4. The predicted octanol–water partition coefficient (Wildman–Crippen LogP) is 3.42. The van der Waals surface area contributed by atoms with Gasteiger partial charge in [0.15, 0.2) is 11.5 Å². The van der Waals surface area contributed by atoms with E-state index in [2.05, 4.69) is 10.3 Å². The number of nitrogens with one attached hydrogen (secondary N) is 2. The fourth-order valence-corrected chi connectivity index (χ4v) is 2.66. The molecule has 0 bridgehead atoms. The Bertz CT molecular complexity index is 978. The molecule has 0 saturated carbocycles. The molecular weight excluding hydrogens is 332 g/mol. The minimum atomic E-state index is -0.376. The van der Waals surface area contributed by atoms with Crippen molar-refractivity contribution in [2.45, 2.75) is 6.92 Å². The molecule has 122 valence electrons. The molecule has 0 fully saturated rings. The molecule has 7 heteroatoms. The minimum Gasteiger partial charge on any atom is -0.504 e. The van der Waals surface area contributed by atoms with Crippen molar-refractivity contribution >= 4 is 39.9 Å². The zero-order valence-corrected chi connectivity index (χ0v) is 13.3. The number of rotatable bonds is 3. The number of aromatic amines is 1. The predicted molar refractivity (Wildman–Crippen MR) is 90.8 cm³/mol. The molecule has 1 aromatic heterocycles. The third-order valence-electron chi connectivity index (χ3n) is 3.50. The second-order valence-electron chi connectivity index (χ2n) is 5.31. The van der Waals surface area contributed by atoms with Crippen LogP contribution in [0.15, 0.2) is 36.4 Å². The summed E-state index contributed by atoms with van der Waals surface area (Å²) in [5.74, 6) is -1.30. The number of amides is 1. The van der Waals surface area contributed by atoms with Crippen molar-refractivity contribution in [2.75, 3.05) is 5.32 Å². The molecule has 4 N–H and O–H groups in total. The second kappa shape index (κ2) is 5.90. The van der Waals surface area contributed by atoms with Crippen LogP contribution < -0.4 is 5.32 Å². The van der Waals surface area contributed by atoms with Crippen LogP contribution in [0, 0.1) is 0 Å². The Morgan fingerprint density at radius 1 is 1.08 bits per heavy atom. The molecule has 6 nitrogen and oxygen atoms in total. The normalized spacial score (nSPS) is 10.8. The summed E-state index contributed by atoms with van der Waals surface area (Å²) < 4.78 is 0. The van der Waals surface area contributed by atoms with Crippen LogP contribution in [-0.4, -0.2) is 26.9 Å². The molecule has 1 amide bonds. The Labute approximate surface area is 141 Å². The quantitative estimate of drug-likeness (QED) is 0.432. The summed E-state index contributed by atoms with van der Waals surface area (Å²) >= 11 is 6.03. The third-order valence-corrected chi connectivity index (χ3v) is 3.71. The van der Waals surface area contributed by atoms with Crippen LogP contribution in [-0.2, 0) is 4.79 Å². The first kappa shape index (κ1) is 15.9. The summed E-state index contributed by atoms with van der Waals surface area (Å²) in [5.41, 5.74) is 1.57. The number of H-pyrrole nitrogens is 1. The number of aromatic nitrogens is 1. The smallest absolute Gasteiger partial charge is 0.221 e. The average Bonchev–Trinajstić information content (AvgIpc) is 2.92. The van der Waals surface area contributed by atoms with Gasteiger partial charge < -0.3 is 20.5 Å². The van der Waals surface area contributed by atoms with Crippen LogP contribution in [0.4, 0.5) is 5.69 Å². The lowest BCUT2D eigenvalue weighted by molar-refractivity contribution is -0.114. The Kier molecular flexibility index (Phi) is 3.91. The largest absolute Gasteiger partial charge is 0.504 e. The highest BCUT2D eigenvalue weighted by Gasteiger charge is 2.16. The Hall–Kier alpha value is -2.99. The molecule has 0 aliphatic rings. The van der Waals surface area contributed by atoms with Gasteiger partial charge in [-0.25, -0.2) is 0 Å². The molecule has 24 heavy (non-hydrogen) atoms. The topological polar surface area (TPSA) is 102 Å². The number of anilines is 1. The maximum Gasteiger partial charge on any atom is 0.221 e. The first-order valence-electron chi connectivity index (χ1n) is 7.01. The van der Waals surface area contributed by atoms with Crippen LogP contribution in [0.25, 0.3) is 10.9 Å². The fraction of sp³-hybridized carbons (Fsp3) is 0.0588. The van der Waals surface area contributed by atoms with Crippen LogP contribution in [0.5, 0.6) is 11.5 Å². The molecule has 2 aromatic carbocycles. The van der Waals surface area contributed by atoms with Gasteiger partial charge in [-0.15, -0.1) is 0 Å². The number of fused-ring (bicyclic) bond motifs is 1. The number of phenols is 2. The molecule has 0 spiro atoms. The highest BCUT2D eigenvalue weighted by Crippen LogP contribution is 2.31. The van der Waals surface area contributed by atoms with Gasteiger partial charge in [-0.05, 0) is 36.4 Å². The van der Waals surface area contributed by atoms with Crippen molar-refractivity contribution in [3.63, 3.8) is 0 Å². The van der Waals surface area contributed by atoms with Crippen LogP contribution in [0.2, 0.25) is 5.02 Å². The zero-order valence-electron chi connectivity index (χ0n) is 12.6. The lowest BCUT2D eigenvalue weighted by Crippen LogP contribution is -2.05. The molecule has 0 aliphatic heterocycles. The van der Waals surface area contributed by atoms with E-state index in [1.54, 1.807) is 18.2 Å². The van der Waals surface area contributed by atoms with E-state index >= 15 is 0 Å². The maximum absolute atomic E-state index is 12.6. The van der Waals surface area contributed by atoms with Gasteiger partial charge in [-0.2, -0.15) is 0 Å². The first-order chi connectivity index (χ1) is 11.3. The number of benzene rings is 2. The van der Waals surface area contributed by atoms with Crippen molar-refractivity contribution in [1.82, 2.24) is 4.98 Å². The summed E-state index contributed by atoms with van der Waals surface area (Å²) in [6, 6.07) is 8.68. The van der Waals surface area contributed by atoms with Crippen molar-refractivity contribution in [1.29, 1.82) is 0 Å². The van der Waals surface area contributed by atoms with Gasteiger partial charge in [0.25, 0.3) is 0 Å². The van der Waals surface area contributed by atoms with Crippen molar-refractivity contribution in [3.8, 4) is 11.5 Å². The van der Waals surface area contributed by atoms with Gasteiger partial charge in [0.1, 0.15) is 0 Å². The number of halogens is 1. The standard InChI is InChI=1S/C17H13ClN2O4/c1-8(21)19-12-5-10(18)6-13-11(12)7-14(20-13)17(24)9-2-3-15(22)16(23)4-9/h2-7,20,22-23H,1H3,(H,19,21). The number of aromatic hydroxyl groups is 2. The first-order valence-corrected chi connectivity index (χ1v) is 7.39. The van der Waals surface area contributed by atoms with Crippen molar-refractivity contribution in [3.05, 3.63) is 52.7 Å². The van der Waals surface area contributed by atoms with Gasteiger partial charge in [0.2, 0.25) is 11.7 Å². The van der Waals surface area contributed by atoms with E-state index in [0.717, 1.165) is 0 Å². The Morgan fingerprint density at radius 3 is 2.50 bits per heavy atom. The molecule has 3 aromatic rings. The molecule has 0 unspecified atom stereocenters. The van der Waals surface area contributed by atoms with Gasteiger partial charge in [0, 0.05) is 28.4 Å². The number of phenolic OH excluding ortho intramolecular Hbond substituents is 2.